The number of likely N-dealkylation sites (N-methyl/N-ethyl adjacent to an activating group) is 2. The number of carbonyl (C=O) groups excluding carboxylic acids is 2. The largest absolute Gasteiger partial charge is 0.507 e. The highest BCUT2D eigenvalue weighted by Gasteiger charge is 2.51. The lowest BCUT2D eigenvalue weighted by atomic mass is 9.71. The summed E-state index contributed by atoms with van der Waals surface area (Å²) in [5.74, 6) is -2.96. The fourth-order valence-electron chi connectivity index (χ4n) is 8.06. The van der Waals surface area contributed by atoms with E-state index in [2.05, 4.69) is 0 Å². The Morgan fingerprint density at radius 2 is 1.47 bits per heavy atom. The third-order valence-electron chi connectivity index (χ3n) is 11.0. The zero-order valence-corrected chi connectivity index (χ0v) is 29.0. The molecule has 10 atom stereocenters. The summed E-state index contributed by atoms with van der Waals surface area (Å²) in [5.41, 5.74) is -2.40. The van der Waals surface area contributed by atoms with Crippen molar-refractivity contribution in [2.75, 3.05) is 28.2 Å². The van der Waals surface area contributed by atoms with Crippen LogP contribution >= 0.6 is 0 Å². The highest BCUT2D eigenvalue weighted by molar-refractivity contribution is 6.31. The first-order chi connectivity index (χ1) is 23.1. The average Bonchev–Trinajstić information content (AvgIpc) is 3.04. The van der Waals surface area contributed by atoms with Crippen LogP contribution in [0.5, 0.6) is 17.2 Å². The van der Waals surface area contributed by atoms with Crippen molar-refractivity contribution in [1.82, 2.24) is 9.80 Å². The van der Waals surface area contributed by atoms with Crippen LogP contribution in [0.2, 0.25) is 0 Å². The molecule has 2 aliphatic heterocycles. The predicted octanol–water partition coefficient (Wildman–Crippen LogP) is 2.60. The second-order valence-corrected chi connectivity index (χ2v) is 14.3. The molecule has 2 heterocycles. The molecule has 6 rings (SSSR count). The molecule has 0 aromatic heterocycles. The summed E-state index contributed by atoms with van der Waals surface area (Å²) in [6.07, 6.45) is -3.55. The lowest BCUT2D eigenvalue weighted by molar-refractivity contribution is -0.313. The average molecular weight is 685 g/mol. The van der Waals surface area contributed by atoms with E-state index in [-0.39, 0.29) is 59.2 Å². The van der Waals surface area contributed by atoms with E-state index in [1.807, 2.05) is 51.8 Å². The Morgan fingerprint density at radius 3 is 2.12 bits per heavy atom. The molecular weight excluding hydrogens is 636 g/mol. The van der Waals surface area contributed by atoms with Crippen molar-refractivity contribution in [1.29, 1.82) is 0 Å². The third-order valence-corrected chi connectivity index (χ3v) is 11.0. The Morgan fingerprint density at radius 1 is 0.857 bits per heavy atom. The number of ketones is 2. The molecule has 0 bridgehead atoms. The molecule has 0 spiro atoms. The van der Waals surface area contributed by atoms with Gasteiger partial charge in [-0.2, -0.15) is 0 Å². The van der Waals surface area contributed by atoms with E-state index in [9.17, 15) is 35.1 Å². The number of aliphatic hydroxyl groups excluding tert-OH is 1. The van der Waals surface area contributed by atoms with Gasteiger partial charge in [0.05, 0.1) is 40.6 Å². The van der Waals surface area contributed by atoms with Crippen LogP contribution in [-0.2, 0) is 25.4 Å². The Bertz CT molecular complexity index is 1630. The van der Waals surface area contributed by atoms with Crippen LogP contribution in [0.15, 0.2) is 18.2 Å². The summed E-state index contributed by atoms with van der Waals surface area (Å²) in [6.45, 7) is 5.46. The van der Waals surface area contributed by atoms with Gasteiger partial charge in [-0.25, -0.2) is 0 Å². The van der Waals surface area contributed by atoms with E-state index >= 15 is 0 Å². The van der Waals surface area contributed by atoms with E-state index in [0.717, 1.165) is 0 Å². The highest BCUT2D eigenvalue weighted by Crippen LogP contribution is 2.54. The lowest BCUT2D eigenvalue weighted by Gasteiger charge is -2.48. The van der Waals surface area contributed by atoms with Crippen LogP contribution in [0.4, 0.5) is 0 Å². The minimum atomic E-state index is -1.51. The van der Waals surface area contributed by atoms with Crippen LogP contribution in [0.25, 0.3) is 0 Å². The molecule has 4 aliphatic rings. The van der Waals surface area contributed by atoms with Gasteiger partial charge in [0.2, 0.25) is 5.78 Å². The molecule has 2 aromatic carbocycles. The molecule has 0 radical (unpaired) electrons. The zero-order chi connectivity index (χ0) is 35.7. The van der Waals surface area contributed by atoms with E-state index in [1.54, 1.807) is 6.92 Å². The quantitative estimate of drug-likeness (QED) is 0.230. The molecule has 5 N–H and O–H groups in total. The summed E-state index contributed by atoms with van der Waals surface area (Å²) in [6, 6.07) is 3.70. The Kier molecular flexibility index (Phi) is 9.61. The fraction of sp³-hybridized carbons (Fsp3) is 0.611. The van der Waals surface area contributed by atoms with Gasteiger partial charge in [-0.3, -0.25) is 9.59 Å². The smallest absolute Gasteiger partial charge is 0.202 e. The van der Waals surface area contributed by atoms with Crippen LogP contribution in [-0.4, -0.2) is 130 Å². The van der Waals surface area contributed by atoms with Gasteiger partial charge in [0.1, 0.15) is 29.5 Å². The van der Waals surface area contributed by atoms with Gasteiger partial charge in [0.15, 0.2) is 18.4 Å². The van der Waals surface area contributed by atoms with Gasteiger partial charge >= 0.3 is 0 Å². The number of ether oxygens (including phenoxy) is 4. The van der Waals surface area contributed by atoms with Crippen molar-refractivity contribution in [3.05, 3.63) is 51.6 Å². The van der Waals surface area contributed by atoms with Crippen molar-refractivity contribution in [2.24, 2.45) is 0 Å². The monoisotopic (exact) mass is 684 g/mol. The molecule has 268 valence electrons. The standard InChI is InChI=1S/C36H48N2O11/c1-8-36(45)13-12-19-26(33(44)28-27(31(19)42)32(43)25-18(30(28)41)10-9-11-22(25)39)35(36)49-24-15-21(38(6)7)34(17(3)47-24)48-23-14-20(37(4)5)29(40)16(2)46-23/h9-11,16-17,20-21,23-24,29,34-35,39-40,42,44-45H,8,12-15H2,1-7H3/t16?,17?,20?,21?,23?,24?,29?,34?,35-,36-/m1/s1. The van der Waals surface area contributed by atoms with Gasteiger partial charge in [-0.15, -0.1) is 0 Å². The molecular formula is C36H48N2O11. The normalized spacial score (nSPS) is 34.6. The first-order valence-corrected chi connectivity index (χ1v) is 17.0. The maximum atomic E-state index is 13.7. The summed E-state index contributed by atoms with van der Waals surface area (Å²) < 4.78 is 25.6. The van der Waals surface area contributed by atoms with E-state index in [0.29, 0.717) is 12.8 Å². The summed E-state index contributed by atoms with van der Waals surface area (Å²) in [7, 11) is 7.65. The number of carbonyl (C=O) groups is 2. The van der Waals surface area contributed by atoms with E-state index in [4.69, 9.17) is 18.9 Å². The van der Waals surface area contributed by atoms with Gasteiger partial charge < -0.3 is 54.3 Å². The molecule has 2 aromatic rings. The molecule has 2 aliphatic carbocycles. The maximum Gasteiger partial charge on any atom is 0.202 e. The number of phenolic OH excluding ortho intramolecular Hbond substituents is 3. The van der Waals surface area contributed by atoms with Gasteiger partial charge in [-0.05, 0) is 67.4 Å². The lowest BCUT2D eigenvalue weighted by Crippen LogP contribution is -2.59. The Hall–Kier alpha value is -3.14. The number of aliphatic hydroxyl groups is 2. The molecule has 13 heteroatoms. The van der Waals surface area contributed by atoms with Gasteiger partial charge in [-0.1, -0.05) is 19.1 Å². The molecule has 0 saturated carbocycles. The molecule has 13 nitrogen and oxygen atoms in total. The summed E-state index contributed by atoms with van der Waals surface area (Å²) in [4.78, 5) is 31.3. The van der Waals surface area contributed by atoms with Crippen molar-refractivity contribution < 1.29 is 54.1 Å². The van der Waals surface area contributed by atoms with E-state index in [1.165, 1.54) is 18.2 Å². The van der Waals surface area contributed by atoms with Gasteiger partial charge in [0.25, 0.3) is 0 Å². The number of benzene rings is 2. The minimum absolute atomic E-state index is 0.0329. The molecule has 8 unspecified atom stereocenters. The first-order valence-electron chi connectivity index (χ1n) is 17.0. The summed E-state index contributed by atoms with van der Waals surface area (Å²) >= 11 is 0. The van der Waals surface area contributed by atoms with Crippen LogP contribution in [0, 0.1) is 0 Å². The number of rotatable bonds is 7. The topological polar surface area (TPSA) is 179 Å². The molecule has 49 heavy (non-hydrogen) atoms. The first kappa shape index (κ1) is 35.7. The van der Waals surface area contributed by atoms with Gasteiger partial charge in [0, 0.05) is 41.6 Å². The molecule has 0 amide bonds. The number of hydrogen-bond acceptors (Lipinski definition) is 13. The zero-order valence-electron chi connectivity index (χ0n) is 29.0. The highest BCUT2D eigenvalue weighted by atomic mass is 16.7. The molecule has 2 fully saturated rings. The van der Waals surface area contributed by atoms with Crippen molar-refractivity contribution in [2.45, 2.75) is 114 Å². The molecule has 2 saturated heterocycles. The third kappa shape index (κ3) is 5.93. The summed E-state index contributed by atoms with van der Waals surface area (Å²) in [5, 5.41) is 56.3. The predicted molar refractivity (Wildman–Crippen MR) is 176 cm³/mol. The number of nitrogens with zero attached hydrogens (tertiary/aromatic N) is 2. The Labute approximate surface area is 285 Å². The SMILES string of the molecule is CC[C@@]1(O)CCc2c(O)c3c(c(O)c2[C@H]1OC1CC(N(C)C)C(OC2CC(N(C)C)C(O)C(C)O2)C(C)O1)C(=O)c1cccc(O)c1C3=O. The van der Waals surface area contributed by atoms with Crippen molar-refractivity contribution >= 4 is 11.6 Å². The fourth-order valence-corrected chi connectivity index (χ4v) is 8.06. The van der Waals surface area contributed by atoms with Crippen LogP contribution in [0.3, 0.4) is 0 Å². The van der Waals surface area contributed by atoms with Crippen LogP contribution in [0.1, 0.15) is 95.5 Å². The number of fused-ring (bicyclic) bond motifs is 3. The Balaban J connectivity index is 1.32. The van der Waals surface area contributed by atoms with Crippen LogP contribution < -0.4 is 0 Å². The van der Waals surface area contributed by atoms with Crippen molar-refractivity contribution in [3.63, 3.8) is 0 Å². The number of hydrogen-bond donors (Lipinski definition) is 5. The van der Waals surface area contributed by atoms with E-state index < -0.39 is 83.1 Å². The maximum absolute atomic E-state index is 13.7. The second-order valence-electron chi connectivity index (χ2n) is 14.3. The number of phenols is 3. The second kappa shape index (κ2) is 13.2. The minimum Gasteiger partial charge on any atom is -0.507 e. The van der Waals surface area contributed by atoms with Crippen molar-refractivity contribution in [3.8, 4) is 17.2 Å². The number of aromatic hydroxyl groups is 3.